The molecule has 27 heavy (non-hydrogen) atoms. The van der Waals surface area contributed by atoms with Gasteiger partial charge in [-0.15, -0.1) is 24.2 Å². The molecule has 0 aliphatic carbocycles. The van der Waals surface area contributed by atoms with Crippen molar-refractivity contribution >= 4 is 41.7 Å². The van der Waals surface area contributed by atoms with E-state index < -0.39 is 0 Å². The number of halogens is 1. The van der Waals surface area contributed by atoms with Crippen molar-refractivity contribution in [3.63, 3.8) is 0 Å². The van der Waals surface area contributed by atoms with Crippen molar-refractivity contribution in [1.82, 2.24) is 5.32 Å². The van der Waals surface area contributed by atoms with Crippen LogP contribution in [0.15, 0.2) is 54.6 Å². The Labute approximate surface area is 170 Å². The molecular weight excluding hydrogens is 382 g/mol. The third-order valence-corrected chi connectivity index (χ3v) is 5.04. The SMILES string of the molecule is Cc1ccc(NC(=O)CSC(C)C(=O)NCC(N)c2ccccc2)cc1.Cl. The van der Waals surface area contributed by atoms with Crippen LogP contribution in [0, 0.1) is 6.92 Å². The van der Waals surface area contributed by atoms with Crippen molar-refractivity contribution in [3.05, 3.63) is 65.7 Å². The number of amides is 2. The number of benzene rings is 2. The van der Waals surface area contributed by atoms with E-state index in [2.05, 4.69) is 10.6 Å². The van der Waals surface area contributed by atoms with Crippen molar-refractivity contribution < 1.29 is 9.59 Å². The second-order valence-corrected chi connectivity index (χ2v) is 7.46. The third kappa shape index (κ3) is 8.03. The number of hydrogen-bond acceptors (Lipinski definition) is 4. The average molecular weight is 408 g/mol. The van der Waals surface area contributed by atoms with Crippen molar-refractivity contribution in [2.24, 2.45) is 5.73 Å². The van der Waals surface area contributed by atoms with E-state index in [0.29, 0.717) is 6.54 Å². The van der Waals surface area contributed by atoms with Crippen LogP contribution in [0.3, 0.4) is 0 Å². The second kappa shape index (κ2) is 11.6. The molecule has 0 aliphatic rings. The Morgan fingerprint density at radius 2 is 1.70 bits per heavy atom. The van der Waals surface area contributed by atoms with Crippen molar-refractivity contribution in [2.45, 2.75) is 25.1 Å². The predicted molar refractivity (Wildman–Crippen MR) is 115 cm³/mol. The molecule has 146 valence electrons. The van der Waals surface area contributed by atoms with Crippen LogP contribution in [0.1, 0.15) is 24.1 Å². The molecule has 2 rings (SSSR count). The van der Waals surface area contributed by atoms with Crippen LogP contribution in [0.4, 0.5) is 5.69 Å². The van der Waals surface area contributed by atoms with Crippen LogP contribution in [0.2, 0.25) is 0 Å². The number of anilines is 1. The normalized spacial score (nSPS) is 12.4. The molecule has 0 fully saturated rings. The molecule has 0 aliphatic heterocycles. The fourth-order valence-corrected chi connectivity index (χ4v) is 2.99. The molecule has 0 aromatic heterocycles. The Balaban J connectivity index is 0.00000364. The summed E-state index contributed by atoms with van der Waals surface area (Å²) < 4.78 is 0. The molecule has 5 nitrogen and oxygen atoms in total. The molecule has 4 N–H and O–H groups in total. The summed E-state index contributed by atoms with van der Waals surface area (Å²) in [5, 5.41) is 5.34. The highest BCUT2D eigenvalue weighted by molar-refractivity contribution is 8.01. The van der Waals surface area contributed by atoms with Gasteiger partial charge in [0.1, 0.15) is 0 Å². The van der Waals surface area contributed by atoms with Gasteiger partial charge in [0.05, 0.1) is 11.0 Å². The Hall–Kier alpha value is -2.02. The summed E-state index contributed by atoms with van der Waals surface area (Å²) in [5.41, 5.74) is 8.95. The lowest BCUT2D eigenvalue weighted by atomic mass is 10.1. The minimum atomic E-state index is -0.332. The third-order valence-electron chi connectivity index (χ3n) is 3.89. The Morgan fingerprint density at radius 3 is 2.33 bits per heavy atom. The maximum atomic E-state index is 12.2. The quantitative estimate of drug-likeness (QED) is 0.626. The Morgan fingerprint density at radius 1 is 1.07 bits per heavy atom. The molecule has 0 radical (unpaired) electrons. The van der Waals surface area contributed by atoms with E-state index in [1.165, 1.54) is 11.8 Å². The summed E-state index contributed by atoms with van der Waals surface area (Å²) in [6.07, 6.45) is 0. The van der Waals surface area contributed by atoms with Crippen molar-refractivity contribution in [2.75, 3.05) is 17.6 Å². The lowest BCUT2D eigenvalue weighted by Crippen LogP contribution is -2.36. The van der Waals surface area contributed by atoms with Crippen LogP contribution in [-0.4, -0.2) is 29.4 Å². The zero-order chi connectivity index (χ0) is 18.9. The van der Waals surface area contributed by atoms with E-state index >= 15 is 0 Å². The summed E-state index contributed by atoms with van der Waals surface area (Å²) in [7, 11) is 0. The number of hydrogen-bond donors (Lipinski definition) is 3. The predicted octanol–water partition coefficient (Wildman–Crippen LogP) is 3.29. The van der Waals surface area contributed by atoms with Gasteiger partial charge in [-0.25, -0.2) is 0 Å². The van der Waals surface area contributed by atoms with E-state index in [4.69, 9.17) is 5.73 Å². The van der Waals surface area contributed by atoms with E-state index in [1.807, 2.05) is 61.5 Å². The molecule has 0 spiro atoms. The molecule has 2 unspecified atom stereocenters. The topological polar surface area (TPSA) is 84.2 Å². The molecule has 0 saturated carbocycles. The first kappa shape index (κ1) is 23.0. The van der Waals surface area contributed by atoms with Gasteiger partial charge >= 0.3 is 0 Å². The number of rotatable bonds is 8. The van der Waals surface area contributed by atoms with E-state index in [9.17, 15) is 9.59 Å². The van der Waals surface area contributed by atoms with E-state index in [-0.39, 0.29) is 41.3 Å². The van der Waals surface area contributed by atoms with Gasteiger partial charge in [0, 0.05) is 18.3 Å². The van der Waals surface area contributed by atoms with Gasteiger partial charge in [0.25, 0.3) is 0 Å². The number of nitrogens with two attached hydrogens (primary N) is 1. The van der Waals surface area contributed by atoms with Gasteiger partial charge in [-0.2, -0.15) is 0 Å². The first-order valence-electron chi connectivity index (χ1n) is 8.52. The maximum absolute atomic E-state index is 12.2. The van der Waals surface area contributed by atoms with Crippen LogP contribution < -0.4 is 16.4 Å². The number of aryl methyl sites for hydroxylation is 1. The molecular formula is C20H26ClN3O2S. The summed E-state index contributed by atoms with van der Waals surface area (Å²) in [5.74, 6) is -0.0308. The summed E-state index contributed by atoms with van der Waals surface area (Å²) in [6, 6.07) is 17.0. The van der Waals surface area contributed by atoms with Gasteiger partial charge in [-0.05, 0) is 31.5 Å². The lowest BCUT2D eigenvalue weighted by molar-refractivity contribution is -0.120. The highest BCUT2D eigenvalue weighted by Crippen LogP contribution is 2.14. The number of nitrogens with one attached hydrogen (secondary N) is 2. The lowest BCUT2D eigenvalue weighted by Gasteiger charge is -2.16. The second-order valence-electron chi connectivity index (χ2n) is 6.13. The summed E-state index contributed by atoms with van der Waals surface area (Å²) in [4.78, 5) is 24.2. The van der Waals surface area contributed by atoms with Crippen LogP contribution >= 0.6 is 24.2 Å². The first-order chi connectivity index (χ1) is 12.5. The maximum Gasteiger partial charge on any atom is 0.234 e. The zero-order valence-electron chi connectivity index (χ0n) is 15.5. The Kier molecular flexibility index (Phi) is 9.93. The zero-order valence-corrected chi connectivity index (χ0v) is 17.1. The van der Waals surface area contributed by atoms with Gasteiger partial charge in [0.2, 0.25) is 11.8 Å². The van der Waals surface area contributed by atoms with E-state index in [1.54, 1.807) is 6.92 Å². The fourth-order valence-electron chi connectivity index (χ4n) is 2.28. The van der Waals surface area contributed by atoms with E-state index in [0.717, 1.165) is 16.8 Å². The summed E-state index contributed by atoms with van der Waals surface area (Å²) >= 11 is 1.30. The van der Waals surface area contributed by atoms with Gasteiger partial charge in [0.15, 0.2) is 0 Å². The molecule has 2 aromatic rings. The Bertz CT molecular complexity index is 726. The largest absolute Gasteiger partial charge is 0.353 e. The highest BCUT2D eigenvalue weighted by Gasteiger charge is 2.16. The molecule has 0 bridgehead atoms. The van der Waals surface area contributed by atoms with Crippen molar-refractivity contribution in [1.29, 1.82) is 0 Å². The first-order valence-corrected chi connectivity index (χ1v) is 9.57. The molecule has 2 atom stereocenters. The standard InChI is InChI=1S/C20H25N3O2S.ClH/c1-14-8-10-17(11-9-14)23-19(24)13-26-15(2)20(25)22-12-18(21)16-6-4-3-5-7-16;/h3-11,15,18H,12-13,21H2,1-2H3,(H,22,25)(H,23,24);1H. The smallest absolute Gasteiger partial charge is 0.234 e. The molecule has 7 heteroatoms. The number of carbonyl (C=O) groups excluding carboxylic acids is 2. The van der Waals surface area contributed by atoms with Gasteiger partial charge in [-0.1, -0.05) is 48.0 Å². The summed E-state index contributed by atoms with van der Waals surface area (Å²) in [6.45, 7) is 4.14. The minimum Gasteiger partial charge on any atom is -0.353 e. The highest BCUT2D eigenvalue weighted by atomic mass is 35.5. The minimum absolute atomic E-state index is 0. The monoisotopic (exact) mass is 407 g/mol. The fraction of sp³-hybridized carbons (Fsp3) is 0.300. The average Bonchev–Trinajstić information content (AvgIpc) is 2.66. The van der Waals surface area contributed by atoms with Crippen LogP contribution in [0.25, 0.3) is 0 Å². The molecule has 0 heterocycles. The number of thioether (sulfide) groups is 1. The number of carbonyl (C=O) groups is 2. The molecule has 0 saturated heterocycles. The van der Waals surface area contributed by atoms with Crippen LogP contribution in [-0.2, 0) is 9.59 Å². The molecule has 2 amide bonds. The van der Waals surface area contributed by atoms with Crippen LogP contribution in [0.5, 0.6) is 0 Å². The van der Waals surface area contributed by atoms with Crippen molar-refractivity contribution in [3.8, 4) is 0 Å². The van der Waals surface area contributed by atoms with Gasteiger partial charge in [-0.3, -0.25) is 9.59 Å². The van der Waals surface area contributed by atoms with Gasteiger partial charge < -0.3 is 16.4 Å². The molecule has 2 aromatic carbocycles.